The molecule has 0 aliphatic carbocycles. The van der Waals surface area contributed by atoms with Crippen LogP contribution in [0.15, 0.2) is 17.0 Å². The number of carbonyl (C=O) groups is 1. The van der Waals surface area contributed by atoms with Gasteiger partial charge in [0.15, 0.2) is 6.61 Å². The summed E-state index contributed by atoms with van der Waals surface area (Å²) in [6, 6.07) is 2.79. The second kappa shape index (κ2) is 7.36. The van der Waals surface area contributed by atoms with Crippen LogP contribution in [0.25, 0.3) is 0 Å². The molecule has 0 spiro atoms. The lowest BCUT2D eigenvalue weighted by Crippen LogP contribution is -2.56. The number of amides is 1. The lowest BCUT2D eigenvalue weighted by Gasteiger charge is -2.36. The van der Waals surface area contributed by atoms with Crippen LogP contribution >= 0.6 is 12.4 Å². The predicted molar refractivity (Wildman–Crippen MR) is 95.2 cm³/mol. The number of ether oxygens (including phenoxy) is 2. The minimum atomic E-state index is -3.76. The van der Waals surface area contributed by atoms with Crippen LogP contribution in [0.4, 0.5) is 5.69 Å². The van der Waals surface area contributed by atoms with Crippen molar-refractivity contribution in [3.05, 3.63) is 12.1 Å². The molecule has 2 heterocycles. The van der Waals surface area contributed by atoms with Gasteiger partial charge in [0.05, 0.1) is 12.8 Å². The first kappa shape index (κ1) is 19.8. The highest BCUT2D eigenvalue weighted by molar-refractivity contribution is 7.89. The quantitative estimate of drug-likeness (QED) is 0.791. The number of rotatable bonds is 3. The molecule has 10 heteroatoms. The van der Waals surface area contributed by atoms with E-state index < -0.39 is 10.0 Å². The molecular weight excluding hydrogens is 370 g/mol. The number of fused-ring (bicyclic) bond motifs is 1. The van der Waals surface area contributed by atoms with Crippen LogP contribution in [0.1, 0.15) is 13.8 Å². The number of hydrogen-bond donors (Lipinski definition) is 2. The Morgan fingerprint density at radius 1 is 1.32 bits per heavy atom. The van der Waals surface area contributed by atoms with E-state index in [1.165, 1.54) is 23.5 Å². The Morgan fingerprint density at radius 2 is 2.04 bits per heavy atom. The van der Waals surface area contributed by atoms with Gasteiger partial charge in [0, 0.05) is 37.3 Å². The Kier molecular flexibility index (Phi) is 5.82. The smallest absolute Gasteiger partial charge is 0.262 e. The first-order valence-electron chi connectivity index (χ1n) is 7.73. The van der Waals surface area contributed by atoms with E-state index in [0.717, 1.165) is 0 Å². The summed E-state index contributed by atoms with van der Waals surface area (Å²) in [6.45, 7) is 4.62. The molecule has 2 aliphatic heterocycles. The van der Waals surface area contributed by atoms with Crippen molar-refractivity contribution in [1.29, 1.82) is 0 Å². The molecule has 25 heavy (non-hydrogen) atoms. The summed E-state index contributed by atoms with van der Waals surface area (Å²) in [4.78, 5) is 11.5. The summed E-state index contributed by atoms with van der Waals surface area (Å²) in [5.74, 6) is 0.215. The van der Waals surface area contributed by atoms with Gasteiger partial charge in [-0.25, -0.2) is 8.42 Å². The zero-order valence-corrected chi connectivity index (χ0v) is 15.9. The number of hydrogen-bond acceptors (Lipinski definition) is 6. The highest BCUT2D eigenvalue weighted by Gasteiger charge is 2.36. The fraction of sp³-hybridized carbons (Fsp3) is 0.533. The van der Waals surface area contributed by atoms with Gasteiger partial charge in [0.1, 0.15) is 16.4 Å². The van der Waals surface area contributed by atoms with Crippen LogP contribution in [-0.4, -0.2) is 57.5 Å². The third kappa shape index (κ3) is 3.69. The number of methoxy groups -OCH3 is 1. The Labute approximate surface area is 153 Å². The molecule has 1 aromatic rings. The van der Waals surface area contributed by atoms with Gasteiger partial charge in [0.25, 0.3) is 5.91 Å². The van der Waals surface area contributed by atoms with Gasteiger partial charge in [-0.2, -0.15) is 4.31 Å². The lowest BCUT2D eigenvalue weighted by molar-refractivity contribution is -0.118. The normalized spacial score (nSPS) is 23.7. The zero-order chi connectivity index (χ0) is 17.5. The van der Waals surface area contributed by atoms with Crippen molar-refractivity contribution in [3.8, 4) is 11.5 Å². The van der Waals surface area contributed by atoms with Crippen LogP contribution in [0.2, 0.25) is 0 Å². The largest absolute Gasteiger partial charge is 0.495 e. The third-order valence-electron chi connectivity index (χ3n) is 4.19. The van der Waals surface area contributed by atoms with E-state index in [4.69, 9.17) is 9.47 Å². The SMILES string of the molecule is COc1cc2c(cc1S(=O)(=O)N1CC(C)NCC1C)OCC(=O)N2.Cl. The number of anilines is 1. The first-order valence-corrected chi connectivity index (χ1v) is 9.17. The number of sulfonamides is 1. The molecule has 1 amide bonds. The number of nitrogens with zero attached hydrogens (tertiary/aromatic N) is 1. The zero-order valence-electron chi connectivity index (χ0n) is 14.2. The number of carbonyl (C=O) groups excluding carboxylic acids is 1. The summed E-state index contributed by atoms with van der Waals surface area (Å²) in [5, 5.41) is 5.91. The van der Waals surface area contributed by atoms with E-state index in [1.807, 2.05) is 13.8 Å². The summed E-state index contributed by atoms with van der Waals surface area (Å²) >= 11 is 0. The molecule has 140 valence electrons. The standard InChI is InChI=1S/C15H21N3O5S.ClH/c1-9-7-18(10(2)6-16-9)24(20,21)14-5-12-11(4-13(14)22-3)17-15(19)8-23-12;/h4-5,9-10,16H,6-8H2,1-3H3,(H,17,19);1H. The number of halogens is 1. The fourth-order valence-electron chi connectivity index (χ4n) is 2.90. The molecule has 1 aromatic carbocycles. The van der Waals surface area contributed by atoms with Crippen molar-refractivity contribution in [1.82, 2.24) is 9.62 Å². The van der Waals surface area contributed by atoms with Crippen molar-refractivity contribution < 1.29 is 22.7 Å². The van der Waals surface area contributed by atoms with E-state index in [2.05, 4.69) is 10.6 Å². The predicted octanol–water partition coefficient (Wildman–Crippen LogP) is 0.819. The van der Waals surface area contributed by atoms with E-state index in [-0.39, 0.29) is 47.6 Å². The second-order valence-electron chi connectivity index (χ2n) is 6.07. The highest BCUT2D eigenvalue weighted by atomic mass is 35.5. The minimum Gasteiger partial charge on any atom is -0.495 e. The van der Waals surface area contributed by atoms with Gasteiger partial charge in [-0.05, 0) is 13.8 Å². The molecule has 0 bridgehead atoms. The van der Waals surface area contributed by atoms with Crippen molar-refractivity contribution in [3.63, 3.8) is 0 Å². The van der Waals surface area contributed by atoms with Crippen molar-refractivity contribution in [2.24, 2.45) is 0 Å². The number of piperazine rings is 1. The highest BCUT2D eigenvalue weighted by Crippen LogP contribution is 2.38. The van der Waals surface area contributed by atoms with Gasteiger partial charge < -0.3 is 20.1 Å². The van der Waals surface area contributed by atoms with Crippen LogP contribution in [0, 0.1) is 0 Å². The average molecular weight is 392 g/mol. The molecule has 2 atom stereocenters. The molecule has 1 saturated heterocycles. The summed E-state index contributed by atoms with van der Waals surface area (Å²) in [5.41, 5.74) is 0.406. The number of nitrogens with one attached hydrogen (secondary N) is 2. The third-order valence-corrected chi connectivity index (χ3v) is 6.19. The van der Waals surface area contributed by atoms with E-state index in [0.29, 0.717) is 24.5 Å². The molecule has 2 aliphatic rings. The van der Waals surface area contributed by atoms with E-state index >= 15 is 0 Å². The molecule has 1 fully saturated rings. The van der Waals surface area contributed by atoms with Crippen LogP contribution < -0.4 is 20.1 Å². The second-order valence-corrected chi connectivity index (χ2v) is 7.93. The van der Waals surface area contributed by atoms with Gasteiger partial charge in [-0.3, -0.25) is 4.79 Å². The summed E-state index contributed by atoms with van der Waals surface area (Å²) in [6.07, 6.45) is 0. The fourth-order valence-corrected chi connectivity index (χ4v) is 4.77. The number of benzene rings is 1. The Balaban J connectivity index is 0.00000225. The topological polar surface area (TPSA) is 97.0 Å². The molecule has 2 unspecified atom stereocenters. The lowest BCUT2D eigenvalue weighted by atomic mass is 10.2. The minimum absolute atomic E-state index is 0. The van der Waals surface area contributed by atoms with Gasteiger partial charge in [-0.1, -0.05) is 0 Å². The Morgan fingerprint density at radius 3 is 2.72 bits per heavy atom. The van der Waals surface area contributed by atoms with E-state index in [9.17, 15) is 13.2 Å². The van der Waals surface area contributed by atoms with Gasteiger partial charge >= 0.3 is 0 Å². The average Bonchev–Trinajstić information content (AvgIpc) is 2.55. The first-order chi connectivity index (χ1) is 11.3. The van der Waals surface area contributed by atoms with Crippen molar-refractivity contribution in [2.75, 3.05) is 32.1 Å². The van der Waals surface area contributed by atoms with Crippen molar-refractivity contribution >= 4 is 34.0 Å². The summed E-state index contributed by atoms with van der Waals surface area (Å²) < 4.78 is 38.4. The van der Waals surface area contributed by atoms with Gasteiger partial charge in [-0.15, -0.1) is 12.4 Å². The van der Waals surface area contributed by atoms with Gasteiger partial charge in [0.2, 0.25) is 10.0 Å². The molecule has 2 N–H and O–H groups in total. The Bertz CT molecular complexity index is 771. The van der Waals surface area contributed by atoms with Crippen LogP contribution in [0.3, 0.4) is 0 Å². The maximum absolute atomic E-state index is 13.1. The van der Waals surface area contributed by atoms with E-state index in [1.54, 1.807) is 0 Å². The molecule has 0 aromatic heterocycles. The van der Waals surface area contributed by atoms with Crippen LogP contribution in [-0.2, 0) is 14.8 Å². The molecular formula is C15H22ClN3O5S. The van der Waals surface area contributed by atoms with Crippen LogP contribution in [0.5, 0.6) is 11.5 Å². The van der Waals surface area contributed by atoms with Crippen molar-refractivity contribution in [2.45, 2.75) is 30.8 Å². The Hall–Kier alpha value is -1.55. The molecule has 0 saturated carbocycles. The monoisotopic (exact) mass is 391 g/mol. The summed E-state index contributed by atoms with van der Waals surface area (Å²) in [7, 11) is -2.36. The molecule has 8 nitrogen and oxygen atoms in total. The molecule has 0 radical (unpaired) electrons. The maximum Gasteiger partial charge on any atom is 0.262 e. The maximum atomic E-state index is 13.1. The molecule has 3 rings (SSSR count).